The van der Waals surface area contributed by atoms with Crippen LogP contribution in [0.25, 0.3) is 0 Å². The average molecular weight is 266 g/mol. The number of rotatable bonds is 5. The molecule has 94 valence electrons. The molecule has 16 heavy (non-hydrogen) atoms. The molecule has 1 aliphatic heterocycles. The fourth-order valence-corrected chi connectivity index (χ4v) is 3.70. The molecule has 0 amide bonds. The second-order valence-electron chi connectivity index (χ2n) is 4.11. The molecule has 0 bridgehead atoms. The van der Waals surface area contributed by atoms with Gasteiger partial charge in [0.2, 0.25) is 10.0 Å². The monoisotopic (exact) mass is 266 g/mol. The first-order valence-electron chi connectivity index (χ1n) is 5.28. The zero-order chi connectivity index (χ0) is 12.3. The lowest BCUT2D eigenvalue weighted by molar-refractivity contribution is 0.259. The number of hydrogen-bond donors (Lipinski definition) is 2. The molecule has 1 saturated heterocycles. The molecule has 0 aromatic rings. The van der Waals surface area contributed by atoms with Gasteiger partial charge in [-0.2, -0.15) is 0 Å². The minimum Gasteiger partial charge on any atom is -0.396 e. The summed E-state index contributed by atoms with van der Waals surface area (Å²) in [6.45, 7) is 2.58. The second-order valence-corrected chi connectivity index (χ2v) is 6.84. The fourth-order valence-electron chi connectivity index (χ4n) is 1.82. The van der Waals surface area contributed by atoms with E-state index >= 15 is 0 Å². The Morgan fingerprint density at radius 2 is 2.31 bits per heavy atom. The molecule has 0 aliphatic carbocycles. The predicted molar refractivity (Wildman–Crippen MR) is 66.6 cm³/mol. The van der Waals surface area contributed by atoms with Gasteiger partial charge in [0.05, 0.1) is 4.99 Å². The Morgan fingerprint density at radius 3 is 2.81 bits per heavy atom. The number of nitrogens with zero attached hydrogens (tertiary/aromatic N) is 1. The van der Waals surface area contributed by atoms with Crippen molar-refractivity contribution in [1.82, 2.24) is 4.31 Å². The summed E-state index contributed by atoms with van der Waals surface area (Å²) in [6, 6.07) is 0. The largest absolute Gasteiger partial charge is 0.396 e. The first kappa shape index (κ1) is 13.8. The van der Waals surface area contributed by atoms with E-state index < -0.39 is 15.3 Å². The van der Waals surface area contributed by atoms with Gasteiger partial charge in [0, 0.05) is 19.7 Å². The molecule has 1 rings (SSSR count). The molecule has 5 nitrogen and oxygen atoms in total. The molecule has 2 atom stereocenters. The highest BCUT2D eigenvalue weighted by molar-refractivity contribution is 7.92. The van der Waals surface area contributed by atoms with E-state index in [9.17, 15) is 8.42 Å². The van der Waals surface area contributed by atoms with Crippen molar-refractivity contribution in [2.45, 2.75) is 25.0 Å². The molecule has 1 aliphatic rings. The SMILES string of the molecule is CC(C(N)=S)S(=O)(=O)N1CCC(CCO)C1. The van der Waals surface area contributed by atoms with Gasteiger partial charge in [0.1, 0.15) is 5.25 Å². The summed E-state index contributed by atoms with van der Waals surface area (Å²) in [7, 11) is -3.40. The molecular weight excluding hydrogens is 248 g/mol. The molecule has 1 fully saturated rings. The Balaban J connectivity index is 2.69. The van der Waals surface area contributed by atoms with Crippen molar-refractivity contribution >= 4 is 27.2 Å². The van der Waals surface area contributed by atoms with Gasteiger partial charge < -0.3 is 10.8 Å². The molecule has 3 N–H and O–H groups in total. The average Bonchev–Trinajstić information content (AvgIpc) is 2.66. The molecular formula is C9H18N2O3S2. The zero-order valence-electron chi connectivity index (χ0n) is 9.30. The van der Waals surface area contributed by atoms with E-state index in [1.807, 2.05) is 0 Å². The number of hydrogen-bond acceptors (Lipinski definition) is 4. The Kier molecular flexibility index (Phi) is 4.66. The Hall–Kier alpha value is -0.240. The number of aliphatic hydroxyl groups excluding tert-OH is 1. The number of thiocarbonyl (C=S) groups is 1. The molecule has 0 radical (unpaired) electrons. The maximum Gasteiger partial charge on any atom is 0.223 e. The van der Waals surface area contributed by atoms with Crippen LogP contribution in [-0.2, 0) is 10.0 Å². The molecule has 1 heterocycles. The minimum absolute atomic E-state index is 0.00519. The molecule has 0 aromatic heterocycles. The van der Waals surface area contributed by atoms with Crippen LogP contribution in [0, 0.1) is 5.92 Å². The van der Waals surface area contributed by atoms with E-state index in [0.29, 0.717) is 19.5 Å². The summed E-state index contributed by atoms with van der Waals surface area (Å²) in [5, 5.41) is 7.99. The minimum atomic E-state index is -3.40. The van der Waals surface area contributed by atoms with Crippen molar-refractivity contribution in [2.24, 2.45) is 11.7 Å². The van der Waals surface area contributed by atoms with E-state index in [-0.39, 0.29) is 17.5 Å². The summed E-state index contributed by atoms with van der Waals surface area (Å²) in [5.41, 5.74) is 5.37. The van der Waals surface area contributed by atoms with Crippen LogP contribution in [0.2, 0.25) is 0 Å². The standard InChI is InChI=1S/C9H18N2O3S2/c1-7(9(10)15)16(13,14)11-4-2-8(6-11)3-5-12/h7-8,12H,2-6H2,1H3,(H2,10,15). The summed E-state index contributed by atoms with van der Waals surface area (Å²) in [6.07, 6.45) is 1.44. The Bertz CT molecular complexity index is 356. The topological polar surface area (TPSA) is 83.6 Å². The predicted octanol–water partition coefficient (Wildman–Crippen LogP) is -0.305. The first-order valence-corrected chi connectivity index (χ1v) is 7.20. The van der Waals surface area contributed by atoms with Gasteiger partial charge in [-0.3, -0.25) is 0 Å². The van der Waals surface area contributed by atoms with Gasteiger partial charge in [-0.1, -0.05) is 12.2 Å². The lowest BCUT2D eigenvalue weighted by Crippen LogP contribution is -2.42. The maximum atomic E-state index is 12.0. The van der Waals surface area contributed by atoms with Crippen molar-refractivity contribution in [3.8, 4) is 0 Å². The quantitative estimate of drug-likeness (QED) is 0.667. The smallest absolute Gasteiger partial charge is 0.223 e. The van der Waals surface area contributed by atoms with Crippen molar-refractivity contribution in [1.29, 1.82) is 0 Å². The van der Waals surface area contributed by atoms with Crippen molar-refractivity contribution < 1.29 is 13.5 Å². The summed E-state index contributed by atoms with van der Waals surface area (Å²) in [4.78, 5) is 0.00519. The third kappa shape index (κ3) is 2.91. The lowest BCUT2D eigenvalue weighted by Gasteiger charge is -2.20. The normalized spacial score (nSPS) is 24.5. The highest BCUT2D eigenvalue weighted by Crippen LogP contribution is 2.23. The Morgan fingerprint density at radius 1 is 1.69 bits per heavy atom. The lowest BCUT2D eigenvalue weighted by atomic mass is 10.1. The zero-order valence-corrected chi connectivity index (χ0v) is 10.9. The van der Waals surface area contributed by atoms with Crippen LogP contribution in [0.3, 0.4) is 0 Å². The van der Waals surface area contributed by atoms with E-state index in [2.05, 4.69) is 0 Å². The molecule has 0 aromatic carbocycles. The van der Waals surface area contributed by atoms with Crippen LogP contribution in [0.4, 0.5) is 0 Å². The number of aliphatic hydroxyl groups is 1. The van der Waals surface area contributed by atoms with Crippen LogP contribution < -0.4 is 5.73 Å². The van der Waals surface area contributed by atoms with Crippen molar-refractivity contribution in [2.75, 3.05) is 19.7 Å². The summed E-state index contributed by atoms with van der Waals surface area (Å²) < 4.78 is 25.5. The highest BCUT2D eigenvalue weighted by atomic mass is 32.2. The van der Waals surface area contributed by atoms with E-state index in [1.54, 1.807) is 0 Å². The van der Waals surface area contributed by atoms with Gasteiger partial charge >= 0.3 is 0 Å². The van der Waals surface area contributed by atoms with Gasteiger partial charge in [-0.05, 0) is 25.7 Å². The maximum absolute atomic E-state index is 12.0. The van der Waals surface area contributed by atoms with Crippen LogP contribution in [0.1, 0.15) is 19.8 Å². The van der Waals surface area contributed by atoms with Gasteiger partial charge in [0.15, 0.2) is 0 Å². The van der Waals surface area contributed by atoms with E-state index in [1.165, 1.54) is 11.2 Å². The molecule has 7 heteroatoms. The van der Waals surface area contributed by atoms with Crippen LogP contribution in [-0.4, -0.2) is 47.8 Å². The fraction of sp³-hybridized carbons (Fsp3) is 0.889. The van der Waals surface area contributed by atoms with Gasteiger partial charge in [0.25, 0.3) is 0 Å². The van der Waals surface area contributed by atoms with Crippen LogP contribution >= 0.6 is 12.2 Å². The molecule has 2 unspecified atom stereocenters. The third-order valence-corrected chi connectivity index (χ3v) is 5.69. The van der Waals surface area contributed by atoms with Gasteiger partial charge in [-0.15, -0.1) is 0 Å². The molecule has 0 spiro atoms. The Labute approximate surface area is 102 Å². The second kappa shape index (κ2) is 5.39. The van der Waals surface area contributed by atoms with Crippen molar-refractivity contribution in [3.05, 3.63) is 0 Å². The van der Waals surface area contributed by atoms with Gasteiger partial charge in [-0.25, -0.2) is 12.7 Å². The number of sulfonamides is 1. The van der Waals surface area contributed by atoms with Crippen LogP contribution in [0.15, 0.2) is 0 Å². The van der Waals surface area contributed by atoms with E-state index in [0.717, 1.165) is 6.42 Å². The highest BCUT2D eigenvalue weighted by Gasteiger charge is 2.35. The van der Waals surface area contributed by atoms with Crippen molar-refractivity contribution in [3.63, 3.8) is 0 Å². The van der Waals surface area contributed by atoms with E-state index in [4.69, 9.17) is 23.1 Å². The molecule has 0 saturated carbocycles. The number of nitrogens with two attached hydrogens (primary N) is 1. The third-order valence-electron chi connectivity index (χ3n) is 2.99. The van der Waals surface area contributed by atoms with Crippen LogP contribution in [0.5, 0.6) is 0 Å². The first-order chi connectivity index (χ1) is 7.39. The summed E-state index contributed by atoms with van der Waals surface area (Å²) >= 11 is 4.71. The summed E-state index contributed by atoms with van der Waals surface area (Å²) in [5.74, 6) is 0.248.